The van der Waals surface area contributed by atoms with Crippen LogP contribution in [0.1, 0.15) is 0 Å². The van der Waals surface area contributed by atoms with Gasteiger partial charge >= 0.3 is 42.4 Å². The van der Waals surface area contributed by atoms with Gasteiger partial charge < -0.3 is 30.8 Å². The Bertz CT molecular complexity index is 297. The van der Waals surface area contributed by atoms with Crippen LogP contribution < -0.4 is 0 Å². The molecule has 0 fully saturated rings. The van der Waals surface area contributed by atoms with Crippen molar-refractivity contribution in [3.05, 3.63) is 0 Å². The van der Waals surface area contributed by atoms with Crippen LogP contribution >= 0.6 is 0 Å². The standard InChI is InChI=1S/2C4H7NO5.V/c2*6-3(7)1-5(10)2-4(8)9;/h2*10H,1-2H2,(H,6,7)(H,8,9);/q;;+2. The molecule has 0 bridgehead atoms. The van der Waals surface area contributed by atoms with Gasteiger partial charge in [-0.05, 0) is 0 Å². The van der Waals surface area contributed by atoms with Crippen molar-refractivity contribution >= 4 is 23.9 Å². The van der Waals surface area contributed by atoms with E-state index in [1.807, 2.05) is 0 Å². The van der Waals surface area contributed by atoms with Crippen LogP contribution in [0, 0.1) is 0 Å². The van der Waals surface area contributed by atoms with Crippen LogP contribution in [0.4, 0.5) is 0 Å². The van der Waals surface area contributed by atoms with E-state index in [9.17, 15) is 19.2 Å². The summed E-state index contributed by atoms with van der Waals surface area (Å²) in [5.74, 6) is -5.10. The molecule has 21 heavy (non-hydrogen) atoms. The van der Waals surface area contributed by atoms with Gasteiger partial charge in [-0.1, -0.05) is 0 Å². The Morgan fingerprint density at radius 2 is 0.714 bits per heavy atom. The average molecular weight is 349 g/mol. The first-order valence-electron chi connectivity index (χ1n) is 4.79. The molecule has 12 nitrogen and oxygen atoms in total. The summed E-state index contributed by atoms with van der Waals surface area (Å²) in [6.45, 7) is -2.75. The number of carboxylic acids is 4. The molecular weight excluding hydrogens is 335 g/mol. The molecule has 0 aromatic heterocycles. The van der Waals surface area contributed by atoms with E-state index in [2.05, 4.69) is 0 Å². The van der Waals surface area contributed by atoms with E-state index in [1.165, 1.54) is 0 Å². The van der Waals surface area contributed by atoms with E-state index in [0.29, 0.717) is 0 Å². The summed E-state index contributed by atoms with van der Waals surface area (Å²) < 4.78 is 0. The Morgan fingerprint density at radius 3 is 0.810 bits per heavy atom. The van der Waals surface area contributed by atoms with Gasteiger partial charge in [-0.2, -0.15) is 10.1 Å². The number of hydrogen-bond donors (Lipinski definition) is 6. The molecule has 0 saturated heterocycles. The number of hydroxylamine groups is 4. The van der Waals surface area contributed by atoms with Gasteiger partial charge in [0.1, 0.15) is 26.2 Å². The molecule has 0 rings (SSSR count). The monoisotopic (exact) mass is 349 g/mol. The van der Waals surface area contributed by atoms with Gasteiger partial charge in [-0.25, -0.2) is 0 Å². The molecule has 0 aliphatic heterocycles. The first-order valence-corrected chi connectivity index (χ1v) is 4.79. The maximum atomic E-state index is 9.80. The summed E-state index contributed by atoms with van der Waals surface area (Å²) in [5, 5.41) is 49.3. The van der Waals surface area contributed by atoms with Crippen molar-refractivity contribution in [2.75, 3.05) is 26.2 Å². The number of nitrogens with zero attached hydrogens (tertiary/aromatic N) is 2. The minimum absolute atomic E-state index is 0. The van der Waals surface area contributed by atoms with Crippen LogP contribution in [-0.2, 0) is 37.7 Å². The zero-order valence-electron chi connectivity index (χ0n) is 10.5. The molecule has 0 atom stereocenters. The Labute approximate surface area is 129 Å². The first-order chi connectivity index (χ1) is 9.04. The van der Waals surface area contributed by atoms with E-state index in [4.69, 9.17) is 30.8 Å². The Kier molecular flexibility index (Phi) is 15.4. The topological polar surface area (TPSA) is 196 Å². The van der Waals surface area contributed by atoms with Crippen LogP contribution in [0.2, 0.25) is 0 Å². The maximum Gasteiger partial charge on any atom is 2.00 e. The first kappa shape index (κ1) is 24.3. The quantitative estimate of drug-likeness (QED) is 0.256. The molecule has 0 aromatic rings. The van der Waals surface area contributed by atoms with Crippen LogP contribution in [0.15, 0.2) is 0 Å². The van der Waals surface area contributed by atoms with Crippen molar-refractivity contribution in [1.29, 1.82) is 0 Å². The predicted octanol–water partition coefficient (Wildman–Crippen LogP) is -2.31. The maximum absolute atomic E-state index is 9.80. The Hall–Kier alpha value is -1.70. The number of carboxylic acid groups (broad SMARTS) is 4. The van der Waals surface area contributed by atoms with E-state index >= 15 is 0 Å². The molecule has 1 radical (unpaired) electrons. The molecular formula is C8H14N2O10V+2. The molecule has 6 N–H and O–H groups in total. The van der Waals surface area contributed by atoms with Gasteiger partial charge in [-0.15, -0.1) is 0 Å². The summed E-state index contributed by atoms with van der Waals surface area (Å²) >= 11 is 0. The van der Waals surface area contributed by atoms with Crippen molar-refractivity contribution in [2.45, 2.75) is 0 Å². The van der Waals surface area contributed by atoms with Gasteiger partial charge in [0.05, 0.1) is 0 Å². The van der Waals surface area contributed by atoms with Crippen molar-refractivity contribution in [3.63, 3.8) is 0 Å². The normalized spacial score (nSPS) is 9.33. The molecule has 0 saturated carbocycles. The fourth-order valence-electron chi connectivity index (χ4n) is 0.736. The molecule has 119 valence electrons. The second kappa shape index (κ2) is 13.3. The minimum atomic E-state index is -1.27. The van der Waals surface area contributed by atoms with Gasteiger partial charge in [0, 0.05) is 0 Å². The van der Waals surface area contributed by atoms with E-state index in [-0.39, 0.29) is 28.7 Å². The van der Waals surface area contributed by atoms with E-state index in [0.717, 1.165) is 0 Å². The number of aliphatic carboxylic acids is 4. The van der Waals surface area contributed by atoms with Gasteiger partial charge in [0.15, 0.2) is 0 Å². The third kappa shape index (κ3) is 23.8. The number of hydrogen-bond acceptors (Lipinski definition) is 8. The zero-order chi connectivity index (χ0) is 16.3. The summed E-state index contributed by atoms with van der Waals surface area (Å²) in [4.78, 5) is 39.2. The summed E-state index contributed by atoms with van der Waals surface area (Å²) in [7, 11) is 0. The van der Waals surface area contributed by atoms with Crippen LogP contribution in [0.5, 0.6) is 0 Å². The molecule has 0 amide bonds. The molecule has 13 heteroatoms. The summed E-state index contributed by atoms with van der Waals surface area (Å²) in [6, 6.07) is 0. The molecule has 0 aliphatic carbocycles. The second-order valence-electron chi connectivity index (χ2n) is 3.22. The van der Waals surface area contributed by atoms with Crippen LogP contribution in [-0.4, -0.2) is 91.0 Å². The molecule has 0 spiro atoms. The molecule has 0 heterocycles. The zero-order valence-corrected chi connectivity index (χ0v) is 11.9. The largest absolute Gasteiger partial charge is 2.00 e. The summed E-state index contributed by atoms with van der Waals surface area (Å²) in [6.07, 6.45) is 0. The second-order valence-corrected chi connectivity index (χ2v) is 3.22. The van der Waals surface area contributed by atoms with Crippen LogP contribution in [0.3, 0.4) is 0 Å². The molecule has 0 aromatic carbocycles. The SMILES string of the molecule is O=C(O)CN(O)CC(=O)O.O=C(O)CN(O)CC(=O)O.[V+2]. The van der Waals surface area contributed by atoms with Gasteiger partial charge in [-0.3, -0.25) is 19.2 Å². The van der Waals surface area contributed by atoms with Gasteiger partial charge in [0.25, 0.3) is 0 Å². The van der Waals surface area contributed by atoms with Crippen molar-refractivity contribution in [2.24, 2.45) is 0 Å². The van der Waals surface area contributed by atoms with Gasteiger partial charge in [0.2, 0.25) is 0 Å². The third-order valence-corrected chi connectivity index (χ3v) is 1.27. The van der Waals surface area contributed by atoms with Crippen molar-refractivity contribution < 1.29 is 68.6 Å². The Morgan fingerprint density at radius 1 is 0.571 bits per heavy atom. The van der Waals surface area contributed by atoms with Crippen LogP contribution in [0.25, 0.3) is 0 Å². The smallest absolute Gasteiger partial charge is 0.480 e. The predicted molar refractivity (Wildman–Crippen MR) is 57.3 cm³/mol. The Balaban J connectivity index is -0.000000295. The van der Waals surface area contributed by atoms with Crippen molar-refractivity contribution in [3.8, 4) is 0 Å². The van der Waals surface area contributed by atoms with E-state index < -0.39 is 50.1 Å². The average Bonchev–Trinajstić information content (AvgIpc) is 2.11. The van der Waals surface area contributed by atoms with E-state index in [1.54, 1.807) is 0 Å². The third-order valence-electron chi connectivity index (χ3n) is 1.27. The summed E-state index contributed by atoms with van der Waals surface area (Å²) in [5.41, 5.74) is 0. The fraction of sp³-hybridized carbons (Fsp3) is 0.500. The number of rotatable bonds is 8. The minimum Gasteiger partial charge on any atom is -0.480 e. The fourth-order valence-corrected chi connectivity index (χ4v) is 0.736. The number of carbonyl (C=O) groups is 4. The molecule has 0 aliphatic rings. The van der Waals surface area contributed by atoms with Crippen molar-refractivity contribution in [1.82, 2.24) is 10.1 Å². The molecule has 0 unspecified atom stereocenters.